The Morgan fingerprint density at radius 2 is 1.77 bits per heavy atom. The molecule has 0 aliphatic carbocycles. The van der Waals surface area contributed by atoms with E-state index in [1.807, 2.05) is 0 Å². The standard InChI is InChI=1S/C21H20N4O5/c1-30-21(29)15-7-3-5-9-17(15)24-18(26)10-11-22-19(27)12-25-13-23-16-8-4-2-6-14(16)20(25)28/h2-9,13H,10-12H2,1H3,(H,22,27)(H,24,26). The average molecular weight is 408 g/mol. The number of carbonyl (C=O) groups excluding carboxylic acids is 3. The SMILES string of the molecule is COC(=O)c1ccccc1NC(=O)CCNC(=O)Cn1cnc2ccccc2c1=O. The number of nitrogens with zero attached hydrogens (tertiary/aromatic N) is 2. The van der Waals surface area contributed by atoms with E-state index < -0.39 is 11.9 Å². The topological polar surface area (TPSA) is 119 Å². The second-order valence-electron chi connectivity index (χ2n) is 6.38. The molecule has 0 atom stereocenters. The normalized spacial score (nSPS) is 10.4. The number of nitrogens with one attached hydrogen (secondary N) is 2. The molecule has 154 valence electrons. The predicted octanol–water partition coefficient (Wildman–Crippen LogP) is 1.33. The lowest BCUT2D eigenvalue weighted by atomic mass is 10.1. The van der Waals surface area contributed by atoms with Crippen molar-refractivity contribution < 1.29 is 19.1 Å². The van der Waals surface area contributed by atoms with Gasteiger partial charge in [0.15, 0.2) is 0 Å². The molecule has 0 bridgehead atoms. The Morgan fingerprint density at radius 1 is 1.03 bits per heavy atom. The van der Waals surface area contributed by atoms with Crippen LogP contribution in [0.5, 0.6) is 0 Å². The van der Waals surface area contributed by atoms with Crippen LogP contribution in [0, 0.1) is 0 Å². The van der Waals surface area contributed by atoms with E-state index in [2.05, 4.69) is 20.4 Å². The van der Waals surface area contributed by atoms with Crippen LogP contribution in [0.3, 0.4) is 0 Å². The Balaban J connectivity index is 1.53. The fourth-order valence-corrected chi connectivity index (χ4v) is 2.84. The maximum Gasteiger partial charge on any atom is 0.339 e. The van der Waals surface area contributed by atoms with Crippen molar-refractivity contribution in [3.05, 3.63) is 70.8 Å². The summed E-state index contributed by atoms with van der Waals surface area (Å²) in [6, 6.07) is 13.3. The summed E-state index contributed by atoms with van der Waals surface area (Å²) in [5, 5.41) is 5.64. The van der Waals surface area contributed by atoms with Gasteiger partial charge in [-0.2, -0.15) is 0 Å². The van der Waals surface area contributed by atoms with Crippen molar-refractivity contribution in [1.82, 2.24) is 14.9 Å². The smallest absolute Gasteiger partial charge is 0.339 e. The summed E-state index contributed by atoms with van der Waals surface area (Å²) in [7, 11) is 1.26. The van der Waals surface area contributed by atoms with Crippen LogP contribution in [0.4, 0.5) is 5.69 Å². The van der Waals surface area contributed by atoms with E-state index in [0.717, 1.165) is 0 Å². The van der Waals surface area contributed by atoms with E-state index in [-0.39, 0.29) is 36.5 Å². The molecule has 0 saturated carbocycles. The third kappa shape index (κ3) is 4.88. The summed E-state index contributed by atoms with van der Waals surface area (Å²) in [6.45, 7) is -0.135. The highest BCUT2D eigenvalue weighted by Gasteiger charge is 2.13. The first-order chi connectivity index (χ1) is 14.5. The lowest BCUT2D eigenvalue weighted by Crippen LogP contribution is -2.34. The van der Waals surface area contributed by atoms with Gasteiger partial charge in [-0.15, -0.1) is 0 Å². The molecule has 2 amide bonds. The molecule has 0 aliphatic heterocycles. The molecule has 2 aromatic carbocycles. The molecule has 9 heteroatoms. The molecule has 0 spiro atoms. The Hall–Kier alpha value is -4.01. The van der Waals surface area contributed by atoms with Gasteiger partial charge in [0.1, 0.15) is 6.54 Å². The highest BCUT2D eigenvalue weighted by atomic mass is 16.5. The number of carbonyl (C=O) groups is 3. The van der Waals surface area contributed by atoms with Crippen molar-refractivity contribution in [2.24, 2.45) is 0 Å². The first kappa shape index (κ1) is 20.7. The van der Waals surface area contributed by atoms with Gasteiger partial charge < -0.3 is 15.4 Å². The minimum atomic E-state index is -0.561. The Kier molecular flexibility index (Phi) is 6.53. The van der Waals surface area contributed by atoms with Gasteiger partial charge >= 0.3 is 5.97 Å². The number of para-hydroxylation sites is 2. The second-order valence-corrected chi connectivity index (χ2v) is 6.38. The minimum absolute atomic E-state index is 0.00782. The second kappa shape index (κ2) is 9.46. The van der Waals surface area contributed by atoms with Gasteiger partial charge in [0.05, 0.1) is 35.6 Å². The average Bonchev–Trinajstić information content (AvgIpc) is 2.75. The molecule has 0 saturated heterocycles. The van der Waals surface area contributed by atoms with Crippen LogP contribution in [-0.4, -0.2) is 41.0 Å². The van der Waals surface area contributed by atoms with Crippen molar-refractivity contribution in [2.75, 3.05) is 19.0 Å². The van der Waals surface area contributed by atoms with Gasteiger partial charge in [0.2, 0.25) is 11.8 Å². The lowest BCUT2D eigenvalue weighted by molar-refractivity contribution is -0.121. The van der Waals surface area contributed by atoms with Crippen LogP contribution < -0.4 is 16.2 Å². The maximum absolute atomic E-state index is 12.4. The van der Waals surface area contributed by atoms with Crippen LogP contribution in [0.1, 0.15) is 16.8 Å². The number of benzene rings is 2. The fourth-order valence-electron chi connectivity index (χ4n) is 2.84. The number of hydrogen-bond donors (Lipinski definition) is 2. The number of anilines is 1. The van der Waals surface area contributed by atoms with Gasteiger partial charge in [-0.05, 0) is 24.3 Å². The third-order valence-corrected chi connectivity index (χ3v) is 4.33. The number of amides is 2. The summed E-state index contributed by atoms with van der Waals surface area (Å²) in [5.74, 6) is -1.36. The van der Waals surface area contributed by atoms with Crippen molar-refractivity contribution >= 4 is 34.4 Å². The number of ether oxygens (including phenoxy) is 1. The zero-order chi connectivity index (χ0) is 21.5. The van der Waals surface area contributed by atoms with E-state index in [1.54, 1.807) is 48.5 Å². The van der Waals surface area contributed by atoms with Gasteiger partial charge in [0, 0.05) is 13.0 Å². The van der Waals surface area contributed by atoms with Crippen LogP contribution in [0.15, 0.2) is 59.7 Å². The molecule has 2 N–H and O–H groups in total. The number of aromatic nitrogens is 2. The summed E-state index contributed by atoms with van der Waals surface area (Å²) in [5.41, 5.74) is 0.811. The highest BCUT2D eigenvalue weighted by Crippen LogP contribution is 2.16. The van der Waals surface area contributed by atoms with Crippen LogP contribution in [-0.2, 0) is 20.9 Å². The molecule has 0 aliphatic rings. The van der Waals surface area contributed by atoms with Crippen LogP contribution in [0.2, 0.25) is 0 Å². The number of methoxy groups -OCH3 is 1. The molecular weight excluding hydrogens is 388 g/mol. The van der Waals surface area contributed by atoms with Crippen molar-refractivity contribution in [3.63, 3.8) is 0 Å². The molecule has 30 heavy (non-hydrogen) atoms. The molecule has 9 nitrogen and oxygen atoms in total. The van der Waals surface area contributed by atoms with E-state index in [9.17, 15) is 19.2 Å². The molecule has 1 aromatic heterocycles. The van der Waals surface area contributed by atoms with Crippen LogP contribution in [0.25, 0.3) is 10.9 Å². The Bertz CT molecular complexity index is 1160. The molecule has 1 heterocycles. The molecule has 3 rings (SSSR count). The minimum Gasteiger partial charge on any atom is -0.465 e. The van der Waals surface area contributed by atoms with Crippen molar-refractivity contribution in [2.45, 2.75) is 13.0 Å². The first-order valence-corrected chi connectivity index (χ1v) is 9.17. The molecule has 3 aromatic rings. The summed E-state index contributed by atoms with van der Waals surface area (Å²) in [4.78, 5) is 52.6. The van der Waals surface area contributed by atoms with Gasteiger partial charge in [-0.25, -0.2) is 9.78 Å². The monoisotopic (exact) mass is 408 g/mol. The van der Waals surface area contributed by atoms with E-state index >= 15 is 0 Å². The molecule has 0 unspecified atom stereocenters. The number of esters is 1. The third-order valence-electron chi connectivity index (χ3n) is 4.33. The number of rotatable bonds is 7. The largest absolute Gasteiger partial charge is 0.465 e. The molecule has 0 radical (unpaired) electrons. The Labute approximate surface area is 171 Å². The van der Waals surface area contributed by atoms with Crippen molar-refractivity contribution in [3.8, 4) is 0 Å². The summed E-state index contributed by atoms with van der Waals surface area (Å²) >= 11 is 0. The van der Waals surface area contributed by atoms with Gasteiger partial charge in [-0.1, -0.05) is 24.3 Å². The Morgan fingerprint density at radius 3 is 2.57 bits per heavy atom. The van der Waals surface area contributed by atoms with Gasteiger partial charge in [0.25, 0.3) is 5.56 Å². The number of hydrogen-bond acceptors (Lipinski definition) is 6. The first-order valence-electron chi connectivity index (χ1n) is 9.17. The van der Waals surface area contributed by atoms with Gasteiger partial charge in [-0.3, -0.25) is 19.0 Å². The van der Waals surface area contributed by atoms with Crippen LogP contribution >= 0.6 is 0 Å². The molecular formula is C21H20N4O5. The zero-order valence-electron chi connectivity index (χ0n) is 16.3. The predicted molar refractivity (Wildman–Crippen MR) is 110 cm³/mol. The zero-order valence-corrected chi connectivity index (χ0v) is 16.3. The van der Waals surface area contributed by atoms with E-state index in [0.29, 0.717) is 16.6 Å². The quantitative estimate of drug-likeness (QED) is 0.569. The summed E-state index contributed by atoms with van der Waals surface area (Å²) in [6.07, 6.45) is 1.31. The summed E-state index contributed by atoms with van der Waals surface area (Å²) < 4.78 is 5.90. The lowest BCUT2D eigenvalue weighted by Gasteiger charge is -2.10. The van der Waals surface area contributed by atoms with Crippen molar-refractivity contribution in [1.29, 1.82) is 0 Å². The van der Waals surface area contributed by atoms with E-state index in [4.69, 9.17) is 0 Å². The maximum atomic E-state index is 12.4. The molecule has 0 fully saturated rings. The number of fused-ring (bicyclic) bond motifs is 1. The highest BCUT2D eigenvalue weighted by molar-refractivity contribution is 6.01. The fraction of sp³-hybridized carbons (Fsp3) is 0.190. The van der Waals surface area contributed by atoms with E-state index in [1.165, 1.54) is 18.0 Å².